The van der Waals surface area contributed by atoms with E-state index in [0.29, 0.717) is 4.21 Å². The number of aryl methyl sites for hydroxylation is 1. The minimum Gasteiger partial charge on any atom is -0.223 e. The smallest absolute Gasteiger partial charge is 0.184 e. The summed E-state index contributed by atoms with van der Waals surface area (Å²) in [5.74, 6) is 0. The van der Waals surface area contributed by atoms with E-state index in [0.717, 1.165) is 17.7 Å². The normalized spacial score (nSPS) is 11.8. The van der Waals surface area contributed by atoms with Crippen LogP contribution in [-0.4, -0.2) is 14.7 Å². The van der Waals surface area contributed by atoms with Crippen LogP contribution in [0.1, 0.15) is 18.2 Å². The summed E-state index contributed by atoms with van der Waals surface area (Å²) in [7, 11) is -2.98. The molecule has 0 spiro atoms. The highest BCUT2D eigenvalue weighted by Crippen LogP contribution is 2.22. The van der Waals surface area contributed by atoms with Gasteiger partial charge in [-0.25, -0.2) is 8.42 Å². The van der Waals surface area contributed by atoms with Gasteiger partial charge >= 0.3 is 0 Å². The van der Waals surface area contributed by atoms with E-state index in [1.807, 2.05) is 6.07 Å². The van der Waals surface area contributed by atoms with Gasteiger partial charge in [-0.1, -0.05) is 13.3 Å². The molecule has 1 rings (SSSR count). The molecule has 0 atom stereocenters. The lowest BCUT2D eigenvalue weighted by molar-refractivity contribution is 0.604. The molecule has 0 saturated carbocycles. The number of sulfone groups is 1. The lowest BCUT2D eigenvalue weighted by Gasteiger charge is -1.90. The molecule has 1 aromatic heterocycles. The van der Waals surface area contributed by atoms with E-state index in [4.69, 9.17) is 0 Å². The fourth-order valence-electron chi connectivity index (χ4n) is 0.938. The minimum absolute atomic E-state index is 0.478. The third-order valence-electron chi connectivity index (χ3n) is 1.50. The minimum atomic E-state index is -2.98. The quantitative estimate of drug-likeness (QED) is 0.755. The van der Waals surface area contributed by atoms with Crippen LogP contribution in [0.5, 0.6) is 0 Å². The average molecular weight is 204 g/mol. The van der Waals surface area contributed by atoms with Crippen molar-refractivity contribution in [2.75, 3.05) is 6.26 Å². The maximum absolute atomic E-state index is 11.1. The van der Waals surface area contributed by atoms with Gasteiger partial charge in [0.05, 0.1) is 0 Å². The topological polar surface area (TPSA) is 34.1 Å². The van der Waals surface area contributed by atoms with Gasteiger partial charge in [0.1, 0.15) is 4.21 Å². The van der Waals surface area contributed by atoms with E-state index in [1.54, 1.807) is 6.07 Å². The molecule has 68 valence electrons. The van der Waals surface area contributed by atoms with Gasteiger partial charge in [0.15, 0.2) is 9.84 Å². The zero-order chi connectivity index (χ0) is 9.19. The van der Waals surface area contributed by atoms with Gasteiger partial charge in [0, 0.05) is 11.1 Å². The predicted octanol–water partition coefficient (Wildman–Crippen LogP) is 2.10. The van der Waals surface area contributed by atoms with E-state index in [-0.39, 0.29) is 0 Å². The molecule has 0 aliphatic carbocycles. The Morgan fingerprint density at radius 2 is 2.08 bits per heavy atom. The van der Waals surface area contributed by atoms with Gasteiger partial charge in [-0.05, 0) is 18.6 Å². The van der Waals surface area contributed by atoms with E-state index in [2.05, 4.69) is 6.92 Å². The molecule has 0 aromatic carbocycles. The summed E-state index contributed by atoms with van der Waals surface area (Å²) >= 11 is 1.38. The predicted molar refractivity (Wildman–Crippen MR) is 51.4 cm³/mol. The summed E-state index contributed by atoms with van der Waals surface area (Å²) in [6.07, 6.45) is 3.28. The molecule has 0 bridgehead atoms. The fraction of sp³-hybridized carbons (Fsp3) is 0.500. The maximum Gasteiger partial charge on any atom is 0.184 e. The summed E-state index contributed by atoms with van der Waals surface area (Å²) < 4.78 is 22.6. The van der Waals surface area contributed by atoms with Crippen molar-refractivity contribution in [2.45, 2.75) is 24.0 Å². The van der Waals surface area contributed by atoms with Crippen molar-refractivity contribution in [3.05, 3.63) is 17.0 Å². The second kappa shape index (κ2) is 3.58. The molecule has 0 saturated heterocycles. The van der Waals surface area contributed by atoms with Gasteiger partial charge < -0.3 is 0 Å². The second-order valence-corrected chi connectivity index (χ2v) is 6.15. The molecule has 0 radical (unpaired) electrons. The van der Waals surface area contributed by atoms with Crippen LogP contribution in [0, 0.1) is 0 Å². The molecule has 12 heavy (non-hydrogen) atoms. The molecule has 4 heteroatoms. The Hall–Kier alpha value is -0.350. The van der Waals surface area contributed by atoms with E-state index >= 15 is 0 Å². The zero-order valence-electron chi connectivity index (χ0n) is 7.20. The number of rotatable bonds is 3. The van der Waals surface area contributed by atoms with Crippen LogP contribution in [-0.2, 0) is 16.3 Å². The monoisotopic (exact) mass is 204 g/mol. The third-order valence-corrected chi connectivity index (χ3v) is 4.46. The molecule has 2 nitrogen and oxygen atoms in total. The summed E-state index contributed by atoms with van der Waals surface area (Å²) in [6.45, 7) is 2.08. The molecular weight excluding hydrogens is 192 g/mol. The first-order valence-corrected chi connectivity index (χ1v) is 6.53. The Morgan fingerprint density at radius 1 is 1.42 bits per heavy atom. The first-order chi connectivity index (χ1) is 5.54. The Morgan fingerprint density at radius 3 is 2.50 bits per heavy atom. The van der Waals surface area contributed by atoms with Crippen LogP contribution in [0.25, 0.3) is 0 Å². The Bertz CT molecular complexity index is 349. The summed E-state index contributed by atoms with van der Waals surface area (Å²) in [4.78, 5) is 1.15. The van der Waals surface area contributed by atoms with Gasteiger partial charge in [0.2, 0.25) is 0 Å². The summed E-state index contributed by atoms with van der Waals surface area (Å²) in [5.41, 5.74) is 0. The number of hydrogen-bond donors (Lipinski definition) is 0. The Kier molecular flexibility index (Phi) is 2.90. The zero-order valence-corrected chi connectivity index (χ0v) is 8.83. The van der Waals surface area contributed by atoms with Crippen molar-refractivity contribution in [1.29, 1.82) is 0 Å². The van der Waals surface area contributed by atoms with Crippen molar-refractivity contribution in [2.24, 2.45) is 0 Å². The van der Waals surface area contributed by atoms with Crippen LogP contribution >= 0.6 is 11.3 Å². The average Bonchev–Trinajstić information content (AvgIpc) is 2.35. The molecule has 0 N–H and O–H groups in total. The van der Waals surface area contributed by atoms with Crippen LogP contribution < -0.4 is 0 Å². The Balaban J connectivity index is 2.92. The Labute approximate surface area is 77.2 Å². The molecule has 1 heterocycles. The first kappa shape index (κ1) is 9.74. The maximum atomic E-state index is 11.1. The molecule has 0 aliphatic rings. The van der Waals surface area contributed by atoms with Gasteiger partial charge in [-0.15, -0.1) is 11.3 Å². The largest absolute Gasteiger partial charge is 0.223 e. The van der Waals surface area contributed by atoms with E-state index in [1.165, 1.54) is 17.6 Å². The molecular formula is C8H12O2S2. The highest BCUT2D eigenvalue weighted by Gasteiger charge is 2.09. The molecule has 0 unspecified atom stereocenters. The van der Waals surface area contributed by atoms with Crippen LogP contribution in [0.2, 0.25) is 0 Å². The van der Waals surface area contributed by atoms with E-state index < -0.39 is 9.84 Å². The van der Waals surface area contributed by atoms with Gasteiger partial charge in [0.25, 0.3) is 0 Å². The van der Waals surface area contributed by atoms with E-state index in [9.17, 15) is 8.42 Å². The van der Waals surface area contributed by atoms with Crippen LogP contribution in [0.4, 0.5) is 0 Å². The highest BCUT2D eigenvalue weighted by atomic mass is 32.2. The number of hydrogen-bond acceptors (Lipinski definition) is 3. The molecule has 1 aromatic rings. The lowest BCUT2D eigenvalue weighted by atomic mass is 10.3. The second-order valence-electron chi connectivity index (χ2n) is 2.74. The van der Waals surface area contributed by atoms with Crippen molar-refractivity contribution in [1.82, 2.24) is 0 Å². The highest BCUT2D eigenvalue weighted by molar-refractivity contribution is 7.92. The molecule has 0 amide bonds. The standard InChI is InChI=1S/C8H12O2S2/c1-3-4-7-5-6-8(11-7)12(2,9)10/h5-6H,3-4H2,1-2H3. The van der Waals surface area contributed by atoms with Gasteiger partial charge in [-0.3, -0.25) is 0 Å². The van der Waals surface area contributed by atoms with Crippen LogP contribution in [0.15, 0.2) is 16.3 Å². The third kappa shape index (κ3) is 2.32. The molecule has 0 aliphatic heterocycles. The van der Waals surface area contributed by atoms with Gasteiger partial charge in [-0.2, -0.15) is 0 Å². The van der Waals surface area contributed by atoms with Crippen LogP contribution in [0.3, 0.4) is 0 Å². The van der Waals surface area contributed by atoms with Crippen molar-refractivity contribution < 1.29 is 8.42 Å². The fourth-order valence-corrected chi connectivity index (χ4v) is 3.02. The first-order valence-electron chi connectivity index (χ1n) is 3.83. The van der Waals surface area contributed by atoms with Crippen molar-refractivity contribution in [3.8, 4) is 0 Å². The summed E-state index contributed by atoms with van der Waals surface area (Å²) in [5, 5.41) is 0. The molecule has 0 fully saturated rings. The lowest BCUT2D eigenvalue weighted by Crippen LogP contribution is -1.91. The SMILES string of the molecule is CCCc1ccc(S(C)(=O)=O)s1. The number of thiophene rings is 1. The summed E-state index contributed by atoms with van der Waals surface area (Å²) in [6, 6.07) is 3.58. The van der Waals surface area contributed by atoms with Crippen molar-refractivity contribution in [3.63, 3.8) is 0 Å². The van der Waals surface area contributed by atoms with Crippen molar-refractivity contribution >= 4 is 21.2 Å².